The Hall–Kier alpha value is -1.63. The molecule has 1 saturated heterocycles. The first-order chi connectivity index (χ1) is 11.3. The maximum Gasteiger partial charge on any atom is 0.234 e. The molecule has 0 aromatic rings. The molecule has 1 saturated carbocycles. The van der Waals surface area contributed by atoms with E-state index in [0.717, 1.165) is 38.8 Å². The van der Waals surface area contributed by atoms with Crippen LogP contribution in [-0.2, 0) is 14.4 Å². The molecule has 0 unspecified atom stereocenters. The second-order valence-electron chi connectivity index (χ2n) is 7.34. The largest absolute Gasteiger partial charge is 0.353 e. The lowest BCUT2D eigenvalue weighted by atomic mass is 10.0. The monoisotopic (exact) mass is 338 g/mol. The van der Waals surface area contributed by atoms with Crippen molar-refractivity contribution in [2.75, 3.05) is 33.2 Å². The molecule has 0 atom stereocenters. The van der Waals surface area contributed by atoms with E-state index in [1.165, 1.54) is 0 Å². The number of amides is 3. The molecule has 0 aromatic carbocycles. The second-order valence-corrected chi connectivity index (χ2v) is 7.34. The van der Waals surface area contributed by atoms with Crippen LogP contribution in [0, 0.1) is 5.92 Å². The third-order valence-electron chi connectivity index (χ3n) is 4.38. The topological polar surface area (TPSA) is 81.8 Å². The Morgan fingerprint density at radius 3 is 2.17 bits per heavy atom. The Balaban J connectivity index is 1.64. The molecule has 0 spiro atoms. The molecule has 7 heteroatoms. The third kappa shape index (κ3) is 6.11. The highest BCUT2D eigenvalue weighted by Gasteiger charge is 2.35. The zero-order valence-electron chi connectivity index (χ0n) is 15.0. The van der Waals surface area contributed by atoms with Gasteiger partial charge in [-0.15, -0.1) is 0 Å². The Kier molecular flexibility index (Phi) is 6.60. The van der Waals surface area contributed by atoms with Gasteiger partial charge in [0.25, 0.3) is 0 Å². The molecule has 2 aliphatic rings. The molecule has 0 aromatic heterocycles. The molecular weight excluding hydrogens is 308 g/mol. The lowest BCUT2D eigenvalue weighted by Gasteiger charge is -2.32. The number of nitrogens with one attached hydrogen (secondary N) is 2. The van der Waals surface area contributed by atoms with E-state index in [2.05, 4.69) is 10.6 Å². The van der Waals surface area contributed by atoms with Crippen molar-refractivity contribution in [2.45, 2.75) is 51.6 Å². The highest BCUT2D eigenvalue weighted by Crippen LogP contribution is 2.31. The van der Waals surface area contributed by atoms with E-state index in [1.54, 1.807) is 11.9 Å². The minimum absolute atomic E-state index is 0.0678. The van der Waals surface area contributed by atoms with Crippen molar-refractivity contribution < 1.29 is 14.4 Å². The quantitative estimate of drug-likeness (QED) is 0.682. The van der Waals surface area contributed by atoms with Crippen LogP contribution in [0.2, 0.25) is 0 Å². The summed E-state index contributed by atoms with van der Waals surface area (Å²) in [5.41, 5.74) is 0. The minimum Gasteiger partial charge on any atom is -0.353 e. The standard InChI is InChI=1S/C17H30N4O3/c1-12(2)18-15(22)10-20(3)11-16(23)19-14-6-8-21(9-7-14)17(24)13-4-5-13/h12-14H,4-11H2,1-3H3,(H,18,22)(H,19,23). The van der Waals surface area contributed by atoms with E-state index >= 15 is 0 Å². The molecule has 1 aliphatic heterocycles. The number of nitrogens with zero attached hydrogens (tertiary/aromatic N) is 2. The zero-order valence-corrected chi connectivity index (χ0v) is 15.0. The number of rotatable bonds is 7. The SMILES string of the molecule is CC(C)NC(=O)CN(C)CC(=O)NC1CCN(C(=O)C2CC2)CC1. The number of likely N-dealkylation sites (N-methyl/N-ethyl adjacent to an activating group) is 1. The van der Waals surface area contributed by atoms with Crippen molar-refractivity contribution in [2.24, 2.45) is 5.92 Å². The van der Waals surface area contributed by atoms with Gasteiger partial charge in [0, 0.05) is 31.1 Å². The number of likely N-dealkylation sites (tertiary alicyclic amines) is 1. The maximum absolute atomic E-state index is 12.1. The summed E-state index contributed by atoms with van der Waals surface area (Å²) in [4.78, 5) is 39.4. The minimum atomic E-state index is -0.0767. The van der Waals surface area contributed by atoms with Crippen LogP contribution in [0.4, 0.5) is 0 Å². The highest BCUT2D eigenvalue weighted by atomic mass is 16.2. The van der Waals surface area contributed by atoms with Gasteiger partial charge in [0.1, 0.15) is 0 Å². The first kappa shape index (κ1) is 18.7. The summed E-state index contributed by atoms with van der Waals surface area (Å²) in [6.45, 7) is 5.68. The van der Waals surface area contributed by atoms with Crippen molar-refractivity contribution in [3.8, 4) is 0 Å². The smallest absolute Gasteiger partial charge is 0.234 e. The average Bonchev–Trinajstić information content (AvgIpc) is 3.30. The number of carbonyl (C=O) groups excluding carboxylic acids is 3. The summed E-state index contributed by atoms with van der Waals surface area (Å²) in [5.74, 6) is 0.409. The molecule has 0 radical (unpaired) electrons. The summed E-state index contributed by atoms with van der Waals surface area (Å²) < 4.78 is 0. The van der Waals surface area contributed by atoms with E-state index in [-0.39, 0.29) is 48.8 Å². The predicted octanol–water partition coefficient (Wildman–Crippen LogP) is -0.0400. The van der Waals surface area contributed by atoms with Crippen LogP contribution in [0.15, 0.2) is 0 Å². The van der Waals surface area contributed by atoms with Crippen LogP contribution in [-0.4, -0.2) is 72.8 Å². The van der Waals surface area contributed by atoms with Crippen molar-refractivity contribution in [1.29, 1.82) is 0 Å². The number of hydrogen-bond donors (Lipinski definition) is 2. The highest BCUT2D eigenvalue weighted by molar-refractivity contribution is 5.82. The fourth-order valence-electron chi connectivity index (χ4n) is 3.02. The molecular formula is C17H30N4O3. The molecule has 2 fully saturated rings. The maximum atomic E-state index is 12.1. The lowest BCUT2D eigenvalue weighted by molar-refractivity contribution is -0.133. The van der Waals surface area contributed by atoms with Gasteiger partial charge in [-0.05, 0) is 46.6 Å². The van der Waals surface area contributed by atoms with Crippen molar-refractivity contribution in [3.63, 3.8) is 0 Å². The van der Waals surface area contributed by atoms with Gasteiger partial charge in [-0.1, -0.05) is 0 Å². The summed E-state index contributed by atoms with van der Waals surface area (Å²) in [5, 5.41) is 5.83. The summed E-state index contributed by atoms with van der Waals surface area (Å²) in [6, 6.07) is 0.224. The molecule has 136 valence electrons. The van der Waals surface area contributed by atoms with E-state index in [0.29, 0.717) is 0 Å². The van der Waals surface area contributed by atoms with Crippen LogP contribution >= 0.6 is 0 Å². The first-order valence-electron chi connectivity index (χ1n) is 8.91. The van der Waals surface area contributed by atoms with Gasteiger partial charge in [0.15, 0.2) is 0 Å². The number of piperidine rings is 1. The van der Waals surface area contributed by atoms with Crippen molar-refractivity contribution in [1.82, 2.24) is 20.4 Å². The molecule has 2 N–H and O–H groups in total. The molecule has 1 aliphatic carbocycles. The van der Waals surface area contributed by atoms with Gasteiger partial charge in [-0.25, -0.2) is 0 Å². The van der Waals surface area contributed by atoms with E-state index in [9.17, 15) is 14.4 Å². The van der Waals surface area contributed by atoms with E-state index in [1.807, 2.05) is 18.7 Å². The van der Waals surface area contributed by atoms with Gasteiger partial charge < -0.3 is 15.5 Å². The van der Waals surface area contributed by atoms with Gasteiger partial charge >= 0.3 is 0 Å². The second kappa shape index (κ2) is 8.46. The van der Waals surface area contributed by atoms with Gasteiger partial charge in [-0.3, -0.25) is 19.3 Å². The van der Waals surface area contributed by atoms with E-state index in [4.69, 9.17) is 0 Å². The predicted molar refractivity (Wildman–Crippen MR) is 91.2 cm³/mol. The summed E-state index contributed by atoms with van der Waals surface area (Å²) in [7, 11) is 1.76. The molecule has 3 amide bonds. The average molecular weight is 338 g/mol. The zero-order chi connectivity index (χ0) is 17.7. The van der Waals surface area contributed by atoms with Crippen LogP contribution in [0.1, 0.15) is 39.5 Å². The van der Waals surface area contributed by atoms with Gasteiger partial charge in [-0.2, -0.15) is 0 Å². The third-order valence-corrected chi connectivity index (χ3v) is 4.38. The first-order valence-corrected chi connectivity index (χ1v) is 8.91. The van der Waals surface area contributed by atoms with Crippen molar-refractivity contribution in [3.05, 3.63) is 0 Å². The lowest BCUT2D eigenvalue weighted by Crippen LogP contribution is -2.49. The fraction of sp³-hybridized carbons (Fsp3) is 0.824. The fourth-order valence-corrected chi connectivity index (χ4v) is 3.02. The molecule has 7 nitrogen and oxygen atoms in total. The normalized spacial score (nSPS) is 18.8. The Labute approximate surface area is 144 Å². The Morgan fingerprint density at radius 1 is 1.04 bits per heavy atom. The van der Waals surface area contributed by atoms with Crippen LogP contribution in [0.25, 0.3) is 0 Å². The molecule has 24 heavy (non-hydrogen) atoms. The van der Waals surface area contributed by atoms with Gasteiger partial charge in [0.05, 0.1) is 13.1 Å². The van der Waals surface area contributed by atoms with Crippen LogP contribution in [0.5, 0.6) is 0 Å². The number of carbonyl (C=O) groups is 3. The van der Waals surface area contributed by atoms with Gasteiger partial charge in [0.2, 0.25) is 17.7 Å². The van der Waals surface area contributed by atoms with Crippen LogP contribution in [0.3, 0.4) is 0 Å². The molecule has 0 bridgehead atoms. The Bertz CT molecular complexity index is 468. The summed E-state index contributed by atoms with van der Waals surface area (Å²) in [6.07, 6.45) is 3.68. The Morgan fingerprint density at radius 2 is 1.62 bits per heavy atom. The van der Waals surface area contributed by atoms with Crippen LogP contribution < -0.4 is 10.6 Å². The number of hydrogen-bond acceptors (Lipinski definition) is 4. The molecule has 1 heterocycles. The molecule has 2 rings (SSSR count). The van der Waals surface area contributed by atoms with Crippen molar-refractivity contribution >= 4 is 17.7 Å². The van der Waals surface area contributed by atoms with E-state index < -0.39 is 0 Å². The summed E-state index contributed by atoms with van der Waals surface area (Å²) >= 11 is 0.